The maximum Gasteiger partial charge on any atom is 0.268 e. The van der Waals surface area contributed by atoms with E-state index >= 15 is 0 Å². The van der Waals surface area contributed by atoms with Gasteiger partial charge < -0.3 is 20.7 Å². The van der Waals surface area contributed by atoms with Crippen LogP contribution >= 0.6 is 0 Å². The molecule has 0 bridgehead atoms. The maximum absolute atomic E-state index is 11.8. The molecular weight excluding hydrogens is 298 g/mol. The normalized spacial score (nSPS) is 22.7. The average Bonchev–Trinajstić information content (AvgIpc) is 3.29. The first kappa shape index (κ1) is 15.9. The molecule has 126 valence electrons. The molecule has 1 aliphatic carbocycles. The number of hydrogen-bond donors (Lipinski definition) is 2. The van der Waals surface area contributed by atoms with Gasteiger partial charge in [-0.25, -0.2) is 4.68 Å². The zero-order valence-corrected chi connectivity index (χ0v) is 13.3. The molecule has 1 amide bonds. The summed E-state index contributed by atoms with van der Waals surface area (Å²) in [7, 11) is 1.63. The molecule has 1 aromatic heterocycles. The molecule has 0 aromatic carbocycles. The van der Waals surface area contributed by atoms with Crippen molar-refractivity contribution in [2.75, 3.05) is 31.1 Å². The van der Waals surface area contributed by atoms with Crippen LogP contribution in [0.1, 0.15) is 19.3 Å². The lowest BCUT2D eigenvalue weighted by molar-refractivity contribution is -0.123. The first-order chi connectivity index (χ1) is 11.0. The van der Waals surface area contributed by atoms with E-state index in [1.165, 1.54) is 4.68 Å². The summed E-state index contributed by atoms with van der Waals surface area (Å²) in [6.07, 6.45) is 3.96. The molecule has 1 aromatic rings. The van der Waals surface area contributed by atoms with Gasteiger partial charge in [0.15, 0.2) is 0 Å². The summed E-state index contributed by atoms with van der Waals surface area (Å²) in [6, 6.07) is 1.59. The molecule has 3 rings (SSSR count). The van der Waals surface area contributed by atoms with Gasteiger partial charge in [-0.3, -0.25) is 9.59 Å². The van der Waals surface area contributed by atoms with Gasteiger partial charge in [0, 0.05) is 32.7 Å². The number of aromatic nitrogens is 2. The lowest BCUT2D eigenvalue weighted by Crippen LogP contribution is -2.46. The smallest absolute Gasteiger partial charge is 0.268 e. The highest BCUT2D eigenvalue weighted by molar-refractivity contribution is 5.88. The van der Waals surface area contributed by atoms with E-state index in [1.807, 2.05) is 0 Å². The van der Waals surface area contributed by atoms with Crippen LogP contribution in [0.3, 0.4) is 0 Å². The minimum absolute atomic E-state index is 0.0148. The molecule has 8 nitrogen and oxygen atoms in total. The number of hydrogen-bond acceptors (Lipinski definition) is 6. The van der Waals surface area contributed by atoms with Crippen LogP contribution in [-0.2, 0) is 16.6 Å². The highest BCUT2D eigenvalue weighted by Gasteiger charge is 2.45. The summed E-state index contributed by atoms with van der Waals surface area (Å²) >= 11 is 0. The monoisotopic (exact) mass is 321 g/mol. The zero-order chi connectivity index (χ0) is 16.4. The van der Waals surface area contributed by atoms with E-state index in [9.17, 15) is 9.59 Å². The number of aryl methyl sites for hydroxylation is 1. The van der Waals surface area contributed by atoms with Crippen molar-refractivity contribution in [2.45, 2.75) is 30.9 Å². The molecule has 1 saturated heterocycles. The van der Waals surface area contributed by atoms with Crippen molar-refractivity contribution in [1.82, 2.24) is 15.1 Å². The first-order valence-electron chi connectivity index (χ1n) is 7.95. The van der Waals surface area contributed by atoms with Crippen molar-refractivity contribution in [3.63, 3.8) is 0 Å². The van der Waals surface area contributed by atoms with E-state index in [0.717, 1.165) is 31.5 Å². The van der Waals surface area contributed by atoms with E-state index in [4.69, 9.17) is 10.5 Å². The van der Waals surface area contributed by atoms with Crippen LogP contribution in [0.15, 0.2) is 17.1 Å². The third kappa shape index (κ3) is 3.70. The number of anilines is 1. The lowest BCUT2D eigenvalue weighted by Gasteiger charge is -2.34. The average molecular weight is 321 g/mol. The Kier molecular flexibility index (Phi) is 4.36. The van der Waals surface area contributed by atoms with Gasteiger partial charge in [-0.1, -0.05) is 0 Å². The minimum Gasteiger partial charge on any atom is -0.374 e. The van der Waals surface area contributed by atoms with Crippen LogP contribution < -0.4 is 21.5 Å². The van der Waals surface area contributed by atoms with Gasteiger partial charge in [-0.2, -0.15) is 5.10 Å². The summed E-state index contributed by atoms with van der Waals surface area (Å²) in [5.74, 6) is -0.0686. The van der Waals surface area contributed by atoms with Crippen molar-refractivity contribution >= 4 is 11.6 Å². The summed E-state index contributed by atoms with van der Waals surface area (Å²) in [6.45, 7) is 2.54. The summed E-state index contributed by atoms with van der Waals surface area (Å²) in [5.41, 5.74) is 5.89. The Balaban J connectivity index is 1.50. The van der Waals surface area contributed by atoms with Crippen molar-refractivity contribution in [2.24, 2.45) is 12.8 Å². The summed E-state index contributed by atoms with van der Waals surface area (Å²) in [4.78, 5) is 25.6. The fourth-order valence-corrected chi connectivity index (χ4v) is 2.65. The topological polar surface area (TPSA) is 102 Å². The molecule has 2 fully saturated rings. The number of rotatable bonds is 5. The quantitative estimate of drug-likeness (QED) is 0.720. The van der Waals surface area contributed by atoms with Gasteiger partial charge in [-0.15, -0.1) is 0 Å². The van der Waals surface area contributed by atoms with E-state index in [-0.39, 0.29) is 17.6 Å². The van der Waals surface area contributed by atoms with Gasteiger partial charge in [-0.05, 0) is 19.3 Å². The molecule has 0 spiro atoms. The Morgan fingerprint density at radius 3 is 3.04 bits per heavy atom. The molecular formula is C15H23N5O3. The molecule has 1 atom stereocenters. The molecule has 23 heavy (non-hydrogen) atoms. The fourth-order valence-electron chi connectivity index (χ4n) is 2.65. The SMILES string of the molecule is Cn1ncc(N2CCOC(CCNC(=O)C3(N)CC3)C2)cc1=O. The molecule has 8 heteroatoms. The number of carbonyl (C=O) groups excluding carboxylic acids is 1. The van der Waals surface area contributed by atoms with Crippen molar-refractivity contribution in [3.05, 3.63) is 22.6 Å². The maximum atomic E-state index is 11.8. The van der Waals surface area contributed by atoms with Crippen molar-refractivity contribution in [3.8, 4) is 0 Å². The number of nitrogens with one attached hydrogen (secondary N) is 1. The van der Waals surface area contributed by atoms with Crippen LogP contribution in [0, 0.1) is 0 Å². The predicted octanol–water partition coefficient (Wildman–Crippen LogP) is -1.02. The largest absolute Gasteiger partial charge is 0.374 e. The number of carbonyl (C=O) groups is 1. The predicted molar refractivity (Wildman–Crippen MR) is 85.2 cm³/mol. The van der Waals surface area contributed by atoms with Gasteiger partial charge in [0.25, 0.3) is 5.56 Å². The lowest BCUT2D eigenvalue weighted by atomic mass is 10.2. The Hall–Kier alpha value is -1.93. The molecule has 1 unspecified atom stereocenters. The van der Waals surface area contributed by atoms with E-state index < -0.39 is 5.54 Å². The van der Waals surface area contributed by atoms with Gasteiger partial charge in [0.1, 0.15) is 0 Å². The minimum atomic E-state index is -0.630. The van der Waals surface area contributed by atoms with E-state index in [2.05, 4.69) is 15.3 Å². The van der Waals surface area contributed by atoms with Crippen LogP contribution in [0.2, 0.25) is 0 Å². The molecule has 1 aliphatic heterocycles. The first-order valence-corrected chi connectivity index (χ1v) is 7.95. The number of morpholine rings is 1. The Bertz CT molecular complexity index is 640. The second-order valence-corrected chi connectivity index (χ2v) is 6.32. The van der Waals surface area contributed by atoms with Crippen LogP contribution in [0.4, 0.5) is 5.69 Å². The van der Waals surface area contributed by atoms with Gasteiger partial charge >= 0.3 is 0 Å². The number of amides is 1. The molecule has 2 heterocycles. The summed E-state index contributed by atoms with van der Waals surface area (Å²) < 4.78 is 7.04. The summed E-state index contributed by atoms with van der Waals surface area (Å²) in [5, 5.41) is 6.92. The Morgan fingerprint density at radius 2 is 2.35 bits per heavy atom. The Morgan fingerprint density at radius 1 is 1.57 bits per heavy atom. The van der Waals surface area contributed by atoms with Crippen LogP contribution in [-0.4, -0.2) is 53.6 Å². The second-order valence-electron chi connectivity index (χ2n) is 6.32. The van der Waals surface area contributed by atoms with Crippen molar-refractivity contribution < 1.29 is 9.53 Å². The van der Waals surface area contributed by atoms with Crippen molar-refractivity contribution in [1.29, 1.82) is 0 Å². The molecule has 1 saturated carbocycles. The molecule has 3 N–H and O–H groups in total. The zero-order valence-electron chi connectivity index (χ0n) is 13.3. The highest BCUT2D eigenvalue weighted by atomic mass is 16.5. The standard InChI is InChI=1S/C15H23N5O3/c1-19-13(21)8-11(9-18-19)20-6-7-23-12(10-20)2-5-17-14(22)15(16)3-4-15/h8-9,12H,2-7,10,16H2,1H3,(H,17,22). The Labute approximate surface area is 134 Å². The fraction of sp³-hybridized carbons (Fsp3) is 0.667. The highest BCUT2D eigenvalue weighted by Crippen LogP contribution is 2.32. The van der Waals surface area contributed by atoms with Gasteiger partial charge in [0.2, 0.25) is 5.91 Å². The third-order valence-electron chi connectivity index (χ3n) is 4.45. The van der Waals surface area contributed by atoms with E-state index in [0.29, 0.717) is 19.7 Å². The van der Waals surface area contributed by atoms with Gasteiger partial charge in [0.05, 0.1) is 30.1 Å². The molecule has 2 aliphatic rings. The van der Waals surface area contributed by atoms with E-state index in [1.54, 1.807) is 19.3 Å². The molecule has 0 radical (unpaired) electrons. The van der Waals surface area contributed by atoms with Crippen LogP contribution in [0.5, 0.6) is 0 Å². The number of nitrogens with zero attached hydrogens (tertiary/aromatic N) is 3. The third-order valence-corrected chi connectivity index (χ3v) is 4.45. The number of ether oxygens (including phenoxy) is 1. The van der Waals surface area contributed by atoms with Crippen LogP contribution in [0.25, 0.3) is 0 Å². The second kappa shape index (κ2) is 6.29. The number of nitrogens with two attached hydrogens (primary N) is 1.